The van der Waals surface area contributed by atoms with E-state index in [0.717, 1.165) is 18.9 Å². The maximum Gasteiger partial charge on any atom is 0.0797 e. The van der Waals surface area contributed by atoms with Crippen LogP contribution in [0.25, 0.3) is 0 Å². The lowest BCUT2D eigenvalue weighted by Gasteiger charge is -2.27. The van der Waals surface area contributed by atoms with Gasteiger partial charge in [0.1, 0.15) is 0 Å². The Morgan fingerprint density at radius 2 is 1.80 bits per heavy atom. The third kappa shape index (κ3) is 7.57. The van der Waals surface area contributed by atoms with Gasteiger partial charge in [-0.3, -0.25) is 0 Å². The molecule has 0 saturated carbocycles. The van der Waals surface area contributed by atoms with Crippen LogP contribution in [0.15, 0.2) is 24.3 Å². The summed E-state index contributed by atoms with van der Waals surface area (Å²) in [5.41, 5.74) is 0.532. The maximum atomic E-state index is 10.1. The highest BCUT2D eigenvalue weighted by Gasteiger charge is 2.24. The molecule has 0 aromatic rings. The predicted molar refractivity (Wildman–Crippen MR) is 72.0 cm³/mol. The van der Waals surface area contributed by atoms with Crippen LogP contribution in [0.2, 0.25) is 25.7 Å². The Labute approximate surface area is 95.9 Å². The molecule has 0 radical (unpaired) electrons. The molecule has 0 saturated heterocycles. The molecule has 0 spiro atoms. The molecule has 0 heterocycles. The molecule has 0 aliphatic carbocycles. The lowest BCUT2D eigenvalue weighted by Crippen LogP contribution is -2.29. The lowest BCUT2D eigenvalue weighted by molar-refractivity contribution is 0.119. The summed E-state index contributed by atoms with van der Waals surface area (Å²) in [5, 5.41) is 10.1. The Bertz CT molecular complexity index is 228. The second kappa shape index (κ2) is 5.66. The van der Waals surface area contributed by atoms with Gasteiger partial charge >= 0.3 is 0 Å². The van der Waals surface area contributed by atoms with Crippen LogP contribution in [-0.4, -0.2) is 18.8 Å². The zero-order valence-electron chi connectivity index (χ0n) is 10.9. The summed E-state index contributed by atoms with van der Waals surface area (Å²) in [6.45, 7) is 14.5. The van der Waals surface area contributed by atoms with Gasteiger partial charge in [-0.1, -0.05) is 31.8 Å². The average molecular weight is 226 g/mol. The zero-order chi connectivity index (χ0) is 12.1. The van der Waals surface area contributed by atoms with E-state index in [1.165, 1.54) is 5.57 Å². The molecule has 0 rings (SSSR count). The summed E-state index contributed by atoms with van der Waals surface area (Å²) < 4.78 is 0. The van der Waals surface area contributed by atoms with Crippen molar-refractivity contribution in [2.75, 3.05) is 0 Å². The Balaban J connectivity index is 4.60. The summed E-state index contributed by atoms with van der Waals surface area (Å²) >= 11 is 0. The Kier molecular flexibility index (Phi) is 5.53. The third-order valence-corrected chi connectivity index (χ3v) is 3.71. The van der Waals surface area contributed by atoms with E-state index in [0.29, 0.717) is 0 Å². The first-order valence-electron chi connectivity index (χ1n) is 5.69. The predicted octanol–water partition coefficient (Wildman–Crippen LogP) is 3.99. The Morgan fingerprint density at radius 3 is 2.13 bits per heavy atom. The SMILES string of the molecule is C=CCC/C=C(/C[Si](C)(C)C)C(C)(C)O. The van der Waals surface area contributed by atoms with E-state index in [1.807, 2.05) is 19.9 Å². The third-order valence-electron chi connectivity index (χ3n) is 2.27. The van der Waals surface area contributed by atoms with Crippen molar-refractivity contribution in [2.24, 2.45) is 0 Å². The van der Waals surface area contributed by atoms with Gasteiger partial charge in [0.25, 0.3) is 0 Å². The Hall–Kier alpha value is -0.343. The van der Waals surface area contributed by atoms with Crippen molar-refractivity contribution in [3.05, 3.63) is 24.3 Å². The molecule has 0 aromatic carbocycles. The van der Waals surface area contributed by atoms with Crippen molar-refractivity contribution < 1.29 is 5.11 Å². The number of aliphatic hydroxyl groups is 1. The molecule has 0 unspecified atom stereocenters. The first-order valence-corrected chi connectivity index (χ1v) is 9.40. The molecule has 2 heteroatoms. The molecule has 0 fully saturated rings. The van der Waals surface area contributed by atoms with E-state index >= 15 is 0 Å². The van der Waals surface area contributed by atoms with Crippen LogP contribution in [0, 0.1) is 0 Å². The zero-order valence-corrected chi connectivity index (χ0v) is 11.9. The second-order valence-electron chi connectivity index (χ2n) is 5.89. The molecule has 1 N–H and O–H groups in total. The van der Waals surface area contributed by atoms with Crippen molar-refractivity contribution in [1.82, 2.24) is 0 Å². The Morgan fingerprint density at radius 1 is 1.27 bits per heavy atom. The standard InChI is InChI=1S/C13H26OSi/c1-7-8-9-10-12(13(2,3)14)11-15(4,5)6/h7,10,14H,1,8-9,11H2,2-6H3/b12-10-. The van der Waals surface area contributed by atoms with Crippen LogP contribution in [0.5, 0.6) is 0 Å². The minimum Gasteiger partial charge on any atom is -0.386 e. The highest BCUT2D eigenvalue weighted by molar-refractivity contribution is 6.76. The van der Waals surface area contributed by atoms with Gasteiger partial charge in [0.15, 0.2) is 0 Å². The lowest BCUT2D eigenvalue weighted by atomic mass is 9.98. The van der Waals surface area contributed by atoms with E-state index in [-0.39, 0.29) is 0 Å². The number of unbranched alkanes of at least 4 members (excludes halogenated alkanes) is 1. The molecule has 0 aliphatic rings. The number of hydrogen-bond donors (Lipinski definition) is 1. The fourth-order valence-corrected chi connectivity index (χ4v) is 3.20. The van der Waals surface area contributed by atoms with Gasteiger partial charge in [0.2, 0.25) is 0 Å². The van der Waals surface area contributed by atoms with Gasteiger partial charge in [0, 0.05) is 8.07 Å². The average Bonchev–Trinajstić information content (AvgIpc) is 1.99. The fraction of sp³-hybridized carbons (Fsp3) is 0.692. The minimum absolute atomic E-state index is 0.665. The largest absolute Gasteiger partial charge is 0.386 e. The van der Waals surface area contributed by atoms with Gasteiger partial charge < -0.3 is 5.11 Å². The monoisotopic (exact) mass is 226 g/mol. The van der Waals surface area contributed by atoms with Gasteiger partial charge in [-0.2, -0.15) is 0 Å². The van der Waals surface area contributed by atoms with Gasteiger partial charge in [-0.15, -0.1) is 6.58 Å². The number of hydrogen-bond acceptors (Lipinski definition) is 1. The van der Waals surface area contributed by atoms with E-state index in [1.54, 1.807) is 0 Å². The summed E-state index contributed by atoms with van der Waals surface area (Å²) in [6.07, 6.45) is 6.10. The van der Waals surface area contributed by atoms with Crippen LogP contribution in [0.4, 0.5) is 0 Å². The maximum absolute atomic E-state index is 10.1. The molecule has 0 amide bonds. The summed E-state index contributed by atoms with van der Waals surface area (Å²) in [4.78, 5) is 0. The van der Waals surface area contributed by atoms with Crippen LogP contribution in [0.1, 0.15) is 26.7 Å². The topological polar surface area (TPSA) is 20.2 Å². The molecule has 1 nitrogen and oxygen atoms in total. The van der Waals surface area contributed by atoms with E-state index in [2.05, 4.69) is 32.3 Å². The summed E-state index contributed by atoms with van der Waals surface area (Å²) in [6, 6.07) is 1.08. The van der Waals surface area contributed by atoms with Crippen molar-refractivity contribution in [3.63, 3.8) is 0 Å². The smallest absolute Gasteiger partial charge is 0.0797 e. The van der Waals surface area contributed by atoms with E-state index in [4.69, 9.17) is 0 Å². The normalized spacial score (nSPS) is 14.1. The van der Waals surface area contributed by atoms with Gasteiger partial charge in [0.05, 0.1) is 5.60 Å². The van der Waals surface area contributed by atoms with Crippen molar-refractivity contribution in [3.8, 4) is 0 Å². The van der Waals surface area contributed by atoms with Gasteiger partial charge in [-0.05, 0) is 38.3 Å². The first-order chi connectivity index (χ1) is 6.67. The highest BCUT2D eigenvalue weighted by atomic mass is 28.3. The molecular weight excluding hydrogens is 200 g/mol. The van der Waals surface area contributed by atoms with Crippen LogP contribution in [-0.2, 0) is 0 Å². The molecule has 88 valence electrons. The van der Waals surface area contributed by atoms with Crippen molar-refractivity contribution >= 4 is 8.07 Å². The van der Waals surface area contributed by atoms with E-state index < -0.39 is 13.7 Å². The quantitative estimate of drug-likeness (QED) is 0.412. The highest BCUT2D eigenvalue weighted by Crippen LogP contribution is 2.26. The van der Waals surface area contributed by atoms with Crippen LogP contribution >= 0.6 is 0 Å². The first kappa shape index (κ1) is 14.7. The summed E-state index contributed by atoms with van der Waals surface area (Å²) in [5.74, 6) is 0. The van der Waals surface area contributed by atoms with Crippen LogP contribution in [0.3, 0.4) is 0 Å². The van der Waals surface area contributed by atoms with Crippen molar-refractivity contribution in [1.29, 1.82) is 0 Å². The second-order valence-corrected chi connectivity index (χ2v) is 11.4. The number of rotatable bonds is 6. The van der Waals surface area contributed by atoms with Crippen LogP contribution < -0.4 is 0 Å². The minimum atomic E-state index is -1.14. The molecule has 0 atom stereocenters. The van der Waals surface area contributed by atoms with E-state index in [9.17, 15) is 5.11 Å². The van der Waals surface area contributed by atoms with Gasteiger partial charge in [-0.25, -0.2) is 0 Å². The molecular formula is C13H26OSi. The fourth-order valence-electron chi connectivity index (χ4n) is 1.49. The number of allylic oxidation sites excluding steroid dienone is 2. The van der Waals surface area contributed by atoms with Crippen molar-refractivity contribution in [2.45, 2.75) is 58.0 Å². The molecule has 0 aliphatic heterocycles. The summed E-state index contributed by atoms with van der Waals surface area (Å²) in [7, 11) is -1.14. The molecule has 15 heavy (non-hydrogen) atoms. The molecule has 0 aromatic heterocycles. The molecule has 0 bridgehead atoms.